The normalized spacial score (nSPS) is 20.0. The number of nitrogens with one attached hydrogen (secondary N) is 1. The summed E-state index contributed by atoms with van der Waals surface area (Å²) in [6.45, 7) is 2.72. The minimum absolute atomic E-state index is 0.0267. The van der Waals surface area contributed by atoms with E-state index in [0.717, 1.165) is 19.4 Å². The maximum absolute atomic E-state index is 12.2. The molecule has 0 radical (unpaired) electrons. The zero-order valence-corrected chi connectivity index (χ0v) is 11.3. The third-order valence-corrected chi connectivity index (χ3v) is 3.35. The highest BCUT2D eigenvalue weighted by Gasteiger charge is 2.24. The number of ether oxygens (including phenoxy) is 2. The second-order valence-electron chi connectivity index (χ2n) is 4.77. The lowest BCUT2D eigenvalue weighted by molar-refractivity contribution is 0.0710. The highest BCUT2D eigenvalue weighted by atomic mass is 16.5. The third-order valence-electron chi connectivity index (χ3n) is 3.35. The second-order valence-corrected chi connectivity index (χ2v) is 4.77. The van der Waals surface area contributed by atoms with Crippen molar-refractivity contribution in [2.24, 2.45) is 0 Å². The number of amides is 1. The molecule has 19 heavy (non-hydrogen) atoms. The van der Waals surface area contributed by atoms with E-state index < -0.39 is 0 Å². The van der Waals surface area contributed by atoms with E-state index in [0.29, 0.717) is 17.0 Å². The Morgan fingerprint density at radius 3 is 3.00 bits per heavy atom. The lowest BCUT2D eigenvalue weighted by atomic mass is 10.1. The molecule has 3 N–H and O–H groups in total. The molecule has 5 nitrogen and oxygen atoms in total. The van der Waals surface area contributed by atoms with Gasteiger partial charge in [-0.15, -0.1) is 0 Å². The minimum atomic E-state index is -0.188. The van der Waals surface area contributed by atoms with E-state index in [2.05, 4.69) is 5.32 Å². The maximum Gasteiger partial charge on any atom is 0.255 e. The van der Waals surface area contributed by atoms with E-state index in [1.54, 1.807) is 18.2 Å². The Hall–Kier alpha value is -1.75. The van der Waals surface area contributed by atoms with Crippen molar-refractivity contribution in [2.45, 2.75) is 31.9 Å². The Labute approximate surface area is 113 Å². The van der Waals surface area contributed by atoms with Gasteiger partial charge in [0.2, 0.25) is 0 Å². The fourth-order valence-electron chi connectivity index (χ4n) is 2.28. The van der Waals surface area contributed by atoms with Crippen LogP contribution in [0, 0.1) is 0 Å². The van der Waals surface area contributed by atoms with Crippen molar-refractivity contribution in [2.75, 3.05) is 19.5 Å². The number of benzene rings is 1. The summed E-state index contributed by atoms with van der Waals surface area (Å²) in [5.41, 5.74) is 6.70. The van der Waals surface area contributed by atoms with Gasteiger partial charge < -0.3 is 20.5 Å². The van der Waals surface area contributed by atoms with Crippen LogP contribution < -0.4 is 15.8 Å². The van der Waals surface area contributed by atoms with Gasteiger partial charge >= 0.3 is 0 Å². The molecule has 0 bridgehead atoms. The third kappa shape index (κ3) is 3.17. The molecule has 1 aliphatic heterocycles. The first-order valence-corrected chi connectivity index (χ1v) is 6.48. The van der Waals surface area contributed by atoms with Crippen LogP contribution in [0.15, 0.2) is 18.2 Å². The number of hydrogen-bond donors (Lipinski definition) is 2. The molecular formula is C14H20N2O3. The summed E-state index contributed by atoms with van der Waals surface area (Å²) >= 11 is 0. The Kier molecular flexibility index (Phi) is 4.27. The molecule has 2 unspecified atom stereocenters. The fraction of sp³-hybridized carbons (Fsp3) is 0.500. The van der Waals surface area contributed by atoms with E-state index in [4.69, 9.17) is 15.2 Å². The maximum atomic E-state index is 12.2. The standard InChI is InChI=1S/C14H20N2O3/c1-9(12-4-3-7-19-12)16-14(17)11-8-10(15)5-6-13(11)18-2/h5-6,8-9,12H,3-4,7,15H2,1-2H3,(H,16,17). The molecule has 2 atom stereocenters. The van der Waals surface area contributed by atoms with Crippen molar-refractivity contribution in [3.63, 3.8) is 0 Å². The van der Waals surface area contributed by atoms with E-state index in [1.807, 2.05) is 6.92 Å². The van der Waals surface area contributed by atoms with Crippen LogP contribution in [0.4, 0.5) is 5.69 Å². The Bertz CT molecular complexity index is 456. The number of nitrogens with two attached hydrogens (primary N) is 1. The van der Waals surface area contributed by atoms with Crippen molar-refractivity contribution in [3.8, 4) is 5.75 Å². The van der Waals surface area contributed by atoms with E-state index in [-0.39, 0.29) is 18.1 Å². The van der Waals surface area contributed by atoms with Gasteiger partial charge in [0, 0.05) is 12.3 Å². The molecule has 0 aliphatic carbocycles. The number of rotatable bonds is 4. The molecule has 1 saturated heterocycles. The predicted octanol–water partition coefficient (Wildman–Crippen LogP) is 1.57. The number of anilines is 1. The van der Waals surface area contributed by atoms with Gasteiger partial charge in [0.1, 0.15) is 5.75 Å². The molecule has 0 saturated carbocycles. The number of carbonyl (C=O) groups is 1. The summed E-state index contributed by atoms with van der Waals surface area (Å²) < 4.78 is 10.7. The summed E-state index contributed by atoms with van der Waals surface area (Å²) in [6.07, 6.45) is 2.12. The average molecular weight is 264 g/mol. The molecule has 1 aromatic rings. The summed E-state index contributed by atoms with van der Waals surface area (Å²) in [5.74, 6) is 0.332. The zero-order valence-electron chi connectivity index (χ0n) is 11.3. The molecule has 1 aromatic carbocycles. The SMILES string of the molecule is COc1ccc(N)cc1C(=O)NC(C)C1CCCO1. The molecule has 0 aromatic heterocycles. The minimum Gasteiger partial charge on any atom is -0.496 e. The summed E-state index contributed by atoms with van der Waals surface area (Å²) in [6, 6.07) is 5.00. The Morgan fingerprint density at radius 1 is 1.58 bits per heavy atom. The van der Waals surface area contributed by atoms with Crippen LogP contribution in [0.5, 0.6) is 5.75 Å². The predicted molar refractivity (Wildman–Crippen MR) is 73.3 cm³/mol. The lowest BCUT2D eigenvalue weighted by Gasteiger charge is -2.20. The Balaban J connectivity index is 2.08. The van der Waals surface area contributed by atoms with Gasteiger partial charge in [-0.1, -0.05) is 0 Å². The van der Waals surface area contributed by atoms with Gasteiger partial charge in [0.05, 0.1) is 24.8 Å². The Morgan fingerprint density at radius 2 is 2.37 bits per heavy atom. The lowest BCUT2D eigenvalue weighted by Crippen LogP contribution is -2.40. The molecule has 104 valence electrons. The molecule has 1 heterocycles. The molecular weight excluding hydrogens is 244 g/mol. The van der Waals surface area contributed by atoms with Crippen LogP contribution in [0.1, 0.15) is 30.1 Å². The van der Waals surface area contributed by atoms with Crippen molar-refractivity contribution in [3.05, 3.63) is 23.8 Å². The smallest absolute Gasteiger partial charge is 0.255 e. The summed E-state index contributed by atoms with van der Waals surface area (Å²) in [7, 11) is 1.53. The van der Waals surface area contributed by atoms with Crippen molar-refractivity contribution >= 4 is 11.6 Å². The molecule has 1 amide bonds. The fourth-order valence-corrected chi connectivity index (χ4v) is 2.28. The van der Waals surface area contributed by atoms with E-state index in [9.17, 15) is 4.79 Å². The number of methoxy groups -OCH3 is 1. The van der Waals surface area contributed by atoms with Crippen molar-refractivity contribution in [1.29, 1.82) is 0 Å². The quantitative estimate of drug-likeness (QED) is 0.810. The second kappa shape index (κ2) is 5.93. The molecule has 0 spiro atoms. The zero-order chi connectivity index (χ0) is 13.8. The first kappa shape index (κ1) is 13.7. The van der Waals surface area contributed by atoms with Gasteiger partial charge in [-0.05, 0) is 38.0 Å². The van der Waals surface area contributed by atoms with Gasteiger partial charge in [0.15, 0.2) is 0 Å². The summed E-state index contributed by atoms with van der Waals surface area (Å²) in [4.78, 5) is 12.2. The van der Waals surface area contributed by atoms with Crippen LogP contribution in [-0.2, 0) is 4.74 Å². The van der Waals surface area contributed by atoms with Crippen LogP contribution in [0.25, 0.3) is 0 Å². The van der Waals surface area contributed by atoms with Crippen molar-refractivity contribution < 1.29 is 14.3 Å². The van der Waals surface area contributed by atoms with E-state index in [1.165, 1.54) is 7.11 Å². The van der Waals surface area contributed by atoms with Crippen LogP contribution in [0.3, 0.4) is 0 Å². The van der Waals surface area contributed by atoms with Crippen molar-refractivity contribution in [1.82, 2.24) is 5.32 Å². The van der Waals surface area contributed by atoms with Gasteiger partial charge in [-0.3, -0.25) is 4.79 Å². The highest BCUT2D eigenvalue weighted by Crippen LogP contribution is 2.22. The van der Waals surface area contributed by atoms with Gasteiger partial charge in [-0.25, -0.2) is 0 Å². The molecule has 5 heteroatoms. The highest BCUT2D eigenvalue weighted by molar-refractivity contribution is 5.98. The van der Waals surface area contributed by atoms with Crippen LogP contribution in [-0.4, -0.2) is 31.8 Å². The van der Waals surface area contributed by atoms with Gasteiger partial charge in [-0.2, -0.15) is 0 Å². The average Bonchev–Trinajstić information content (AvgIpc) is 2.92. The van der Waals surface area contributed by atoms with Crippen LogP contribution in [0.2, 0.25) is 0 Å². The van der Waals surface area contributed by atoms with Gasteiger partial charge in [0.25, 0.3) is 5.91 Å². The number of carbonyl (C=O) groups excluding carboxylic acids is 1. The molecule has 2 rings (SSSR count). The first-order valence-electron chi connectivity index (χ1n) is 6.48. The number of nitrogen functional groups attached to an aromatic ring is 1. The largest absolute Gasteiger partial charge is 0.496 e. The van der Waals surface area contributed by atoms with Crippen LogP contribution >= 0.6 is 0 Å². The monoisotopic (exact) mass is 264 g/mol. The molecule has 1 aliphatic rings. The topological polar surface area (TPSA) is 73.6 Å². The number of hydrogen-bond acceptors (Lipinski definition) is 4. The first-order chi connectivity index (χ1) is 9.11. The summed E-state index contributed by atoms with van der Waals surface area (Å²) in [5, 5.41) is 2.94. The molecule has 1 fully saturated rings. The van der Waals surface area contributed by atoms with E-state index >= 15 is 0 Å².